The van der Waals surface area contributed by atoms with E-state index >= 15 is 0 Å². The number of nitrogens with two attached hydrogens (primary N) is 1. The Bertz CT molecular complexity index is 148. The van der Waals surface area contributed by atoms with Crippen LogP contribution >= 0.6 is 11.9 Å². The van der Waals surface area contributed by atoms with Gasteiger partial charge in [-0.25, -0.2) is 4.99 Å². The molecule has 0 saturated carbocycles. The summed E-state index contributed by atoms with van der Waals surface area (Å²) in [6.07, 6.45) is 3.47. The van der Waals surface area contributed by atoms with Crippen molar-refractivity contribution in [1.29, 1.82) is 0 Å². The minimum Gasteiger partial charge on any atom is -0.369 e. The molecule has 0 rings (SSSR count). The van der Waals surface area contributed by atoms with Crippen LogP contribution in [0.4, 0.5) is 0 Å². The van der Waals surface area contributed by atoms with Gasteiger partial charge in [-0.1, -0.05) is 32.2 Å². The third kappa shape index (κ3) is 7.96. The average molecular weight is 203 g/mol. The smallest absolute Gasteiger partial charge is 0.199 e. The second-order valence-electron chi connectivity index (χ2n) is 3.08. The molecule has 3 nitrogen and oxygen atoms in total. The highest BCUT2D eigenvalue weighted by Gasteiger charge is 1.96. The Hall–Kier alpha value is -0.380. The molecular weight excluding hydrogens is 182 g/mol. The van der Waals surface area contributed by atoms with Gasteiger partial charge in [0.2, 0.25) is 0 Å². The topological polar surface area (TPSA) is 50.4 Å². The fourth-order valence-corrected chi connectivity index (χ4v) is 1.43. The van der Waals surface area contributed by atoms with E-state index in [4.69, 9.17) is 5.73 Å². The van der Waals surface area contributed by atoms with E-state index in [9.17, 15) is 0 Å². The summed E-state index contributed by atoms with van der Waals surface area (Å²) in [5.41, 5.74) is 5.65. The van der Waals surface area contributed by atoms with E-state index in [2.05, 4.69) is 30.5 Å². The van der Waals surface area contributed by atoms with Crippen LogP contribution < -0.4 is 10.5 Å². The first-order valence-electron chi connectivity index (χ1n) is 4.91. The van der Waals surface area contributed by atoms with Crippen LogP contribution in [0.1, 0.15) is 40.0 Å². The second-order valence-corrected chi connectivity index (χ2v) is 3.98. The van der Waals surface area contributed by atoms with Crippen molar-refractivity contribution in [1.82, 2.24) is 4.72 Å². The summed E-state index contributed by atoms with van der Waals surface area (Å²) in [5.74, 6) is 1.64. The molecule has 4 heteroatoms. The van der Waals surface area contributed by atoms with Crippen molar-refractivity contribution in [3.63, 3.8) is 0 Å². The van der Waals surface area contributed by atoms with Crippen molar-refractivity contribution in [3.05, 3.63) is 0 Å². The molecule has 0 fully saturated rings. The molecule has 0 saturated heterocycles. The molecule has 0 heterocycles. The number of nitrogens with zero attached hydrogens (tertiary/aromatic N) is 1. The molecule has 0 aliphatic carbocycles. The predicted molar refractivity (Wildman–Crippen MR) is 61.9 cm³/mol. The zero-order chi connectivity index (χ0) is 10.1. The molecule has 0 spiro atoms. The van der Waals surface area contributed by atoms with Crippen LogP contribution in [0.2, 0.25) is 0 Å². The molecule has 1 atom stereocenters. The highest BCUT2D eigenvalue weighted by molar-refractivity contribution is 7.97. The largest absolute Gasteiger partial charge is 0.369 e. The number of aliphatic imine (C=N–C) groups is 1. The number of guanidine groups is 1. The summed E-state index contributed by atoms with van der Waals surface area (Å²) in [6.45, 7) is 6.34. The number of nitrogens with one attached hydrogen (secondary N) is 1. The maximum Gasteiger partial charge on any atom is 0.199 e. The van der Waals surface area contributed by atoms with Crippen molar-refractivity contribution < 1.29 is 0 Å². The van der Waals surface area contributed by atoms with E-state index in [0.29, 0.717) is 12.0 Å². The molecule has 0 aromatic heterocycles. The Morgan fingerprint density at radius 1 is 1.54 bits per heavy atom. The molecule has 0 amide bonds. The number of hydrogen-bond acceptors (Lipinski definition) is 2. The van der Waals surface area contributed by atoms with Gasteiger partial charge in [0.25, 0.3) is 0 Å². The van der Waals surface area contributed by atoms with Gasteiger partial charge in [-0.3, -0.25) is 0 Å². The molecule has 0 radical (unpaired) electrons. The molecule has 13 heavy (non-hydrogen) atoms. The Morgan fingerprint density at radius 2 is 2.23 bits per heavy atom. The van der Waals surface area contributed by atoms with Crippen molar-refractivity contribution in [2.24, 2.45) is 10.7 Å². The van der Waals surface area contributed by atoms with Crippen LogP contribution in [0.25, 0.3) is 0 Å². The van der Waals surface area contributed by atoms with Gasteiger partial charge in [0, 0.05) is 5.75 Å². The Morgan fingerprint density at radius 3 is 2.77 bits per heavy atom. The molecule has 0 aromatic carbocycles. The van der Waals surface area contributed by atoms with Gasteiger partial charge >= 0.3 is 0 Å². The third-order valence-electron chi connectivity index (χ3n) is 1.73. The van der Waals surface area contributed by atoms with E-state index < -0.39 is 0 Å². The van der Waals surface area contributed by atoms with E-state index in [1.165, 1.54) is 12.8 Å². The fraction of sp³-hybridized carbons (Fsp3) is 0.889. The van der Waals surface area contributed by atoms with E-state index in [-0.39, 0.29) is 0 Å². The summed E-state index contributed by atoms with van der Waals surface area (Å²) in [5, 5.41) is 0. The van der Waals surface area contributed by atoms with Gasteiger partial charge in [0.05, 0.1) is 6.04 Å². The predicted octanol–water partition coefficient (Wildman–Crippen LogP) is 2.14. The lowest BCUT2D eigenvalue weighted by molar-refractivity contribution is 0.713. The quantitative estimate of drug-likeness (QED) is 0.301. The second kappa shape index (κ2) is 8.23. The fourth-order valence-electron chi connectivity index (χ4n) is 0.697. The van der Waals surface area contributed by atoms with Crippen LogP contribution in [0.15, 0.2) is 4.99 Å². The molecule has 78 valence electrons. The summed E-state index contributed by atoms with van der Waals surface area (Å²) in [6, 6.07) is 0.319. The third-order valence-corrected chi connectivity index (χ3v) is 2.57. The first-order chi connectivity index (χ1) is 6.20. The molecule has 0 aliphatic rings. The van der Waals surface area contributed by atoms with Gasteiger partial charge < -0.3 is 10.5 Å². The maximum atomic E-state index is 5.65. The lowest BCUT2D eigenvalue weighted by atomic mass is 10.3. The number of unbranched alkanes of at least 4 members (excludes halogenated alkanes) is 1. The van der Waals surface area contributed by atoms with Gasteiger partial charge in [-0.05, 0) is 19.8 Å². The SMILES string of the molecule is CCCCSN/C(N)=N/C(C)CC. The zero-order valence-corrected chi connectivity index (χ0v) is 9.66. The highest BCUT2D eigenvalue weighted by atomic mass is 32.2. The molecular formula is C9H21N3S. The molecule has 0 aliphatic heterocycles. The van der Waals surface area contributed by atoms with Crippen LogP contribution in [0, 0.1) is 0 Å². The van der Waals surface area contributed by atoms with E-state index in [1.54, 1.807) is 11.9 Å². The van der Waals surface area contributed by atoms with Crippen molar-refractivity contribution in [2.75, 3.05) is 5.75 Å². The van der Waals surface area contributed by atoms with Crippen molar-refractivity contribution >= 4 is 17.9 Å². The molecule has 0 aromatic rings. The monoisotopic (exact) mass is 203 g/mol. The van der Waals surface area contributed by atoms with Crippen molar-refractivity contribution in [3.8, 4) is 0 Å². The van der Waals surface area contributed by atoms with E-state index in [1.807, 2.05) is 0 Å². The van der Waals surface area contributed by atoms with Crippen molar-refractivity contribution in [2.45, 2.75) is 46.1 Å². The van der Waals surface area contributed by atoms with Gasteiger partial charge in [0.1, 0.15) is 0 Å². The molecule has 1 unspecified atom stereocenters. The summed E-state index contributed by atoms with van der Waals surface area (Å²) < 4.78 is 3.03. The minimum absolute atomic E-state index is 0.319. The maximum absolute atomic E-state index is 5.65. The van der Waals surface area contributed by atoms with E-state index in [0.717, 1.165) is 12.2 Å². The molecule has 0 bridgehead atoms. The first-order valence-corrected chi connectivity index (χ1v) is 5.90. The van der Waals surface area contributed by atoms with Crippen LogP contribution in [0.5, 0.6) is 0 Å². The van der Waals surface area contributed by atoms with Gasteiger partial charge in [-0.15, -0.1) is 0 Å². The first kappa shape index (κ1) is 12.6. The molecule has 3 N–H and O–H groups in total. The summed E-state index contributed by atoms with van der Waals surface area (Å²) >= 11 is 1.63. The van der Waals surface area contributed by atoms with Crippen LogP contribution in [0.3, 0.4) is 0 Å². The van der Waals surface area contributed by atoms with Crippen LogP contribution in [-0.2, 0) is 0 Å². The lowest BCUT2D eigenvalue weighted by Crippen LogP contribution is -2.27. The summed E-state index contributed by atoms with van der Waals surface area (Å²) in [4.78, 5) is 4.26. The Labute approximate surface area is 85.7 Å². The highest BCUT2D eigenvalue weighted by Crippen LogP contribution is 1.99. The Kier molecular flexibility index (Phi) is 7.99. The normalized spacial score (nSPS) is 14.2. The van der Waals surface area contributed by atoms with Gasteiger partial charge in [0.15, 0.2) is 5.96 Å². The zero-order valence-electron chi connectivity index (χ0n) is 8.84. The number of rotatable bonds is 6. The lowest BCUT2D eigenvalue weighted by Gasteiger charge is -2.06. The van der Waals surface area contributed by atoms with Crippen LogP contribution in [-0.4, -0.2) is 17.8 Å². The minimum atomic E-state index is 0.319. The standard InChI is InChI=1S/C9H21N3S/c1-4-6-7-13-12-9(10)11-8(3)5-2/h8H,4-7H2,1-3H3,(H3,10,11,12). The number of hydrogen-bond donors (Lipinski definition) is 2. The van der Waals surface area contributed by atoms with Gasteiger partial charge in [-0.2, -0.15) is 0 Å². The summed E-state index contributed by atoms with van der Waals surface area (Å²) in [7, 11) is 0. The average Bonchev–Trinajstić information content (AvgIpc) is 2.12. The Balaban J connectivity index is 3.49.